The lowest BCUT2D eigenvalue weighted by molar-refractivity contribution is -0.145. The second-order valence-corrected chi connectivity index (χ2v) is 7.46. The highest BCUT2D eigenvalue weighted by Gasteiger charge is 2.30. The van der Waals surface area contributed by atoms with Crippen molar-refractivity contribution in [2.75, 3.05) is 6.61 Å². The van der Waals surface area contributed by atoms with Gasteiger partial charge in [0.1, 0.15) is 18.4 Å². The van der Waals surface area contributed by atoms with E-state index in [0.717, 1.165) is 0 Å². The first-order chi connectivity index (χ1) is 14.4. The van der Waals surface area contributed by atoms with Crippen LogP contribution >= 0.6 is 11.6 Å². The highest BCUT2D eigenvalue weighted by atomic mass is 35.5. The Labute approximate surface area is 184 Å². The summed E-state index contributed by atoms with van der Waals surface area (Å²) < 4.78 is 5.51. The molecule has 0 radical (unpaired) electrons. The molecular weight excluding hydrogens is 432 g/mol. The highest BCUT2D eigenvalue weighted by molar-refractivity contribution is 6.31. The first kappa shape index (κ1) is 26.1. The van der Waals surface area contributed by atoms with Crippen LogP contribution in [0.5, 0.6) is 5.75 Å². The van der Waals surface area contributed by atoms with Gasteiger partial charge in [0.05, 0.1) is 11.7 Å². The predicted octanol–water partition coefficient (Wildman–Crippen LogP) is -0.620. The van der Waals surface area contributed by atoms with Crippen LogP contribution in [-0.4, -0.2) is 64.7 Å². The van der Waals surface area contributed by atoms with Crippen LogP contribution in [0.3, 0.4) is 0 Å². The number of benzene rings is 1. The Morgan fingerprint density at radius 1 is 1.19 bits per heavy atom. The van der Waals surface area contributed by atoms with Crippen molar-refractivity contribution < 1.29 is 34.1 Å². The molecule has 172 valence electrons. The van der Waals surface area contributed by atoms with Crippen molar-refractivity contribution in [3.05, 3.63) is 28.8 Å². The van der Waals surface area contributed by atoms with Gasteiger partial charge in [-0.1, -0.05) is 11.6 Å². The molecule has 3 amide bonds. The van der Waals surface area contributed by atoms with Gasteiger partial charge in [0.2, 0.25) is 11.8 Å². The molecule has 1 aromatic rings. The van der Waals surface area contributed by atoms with Crippen molar-refractivity contribution in [1.82, 2.24) is 10.6 Å². The molecule has 0 aliphatic carbocycles. The maximum atomic E-state index is 12.8. The third-order valence-electron chi connectivity index (χ3n) is 4.04. The minimum Gasteiger partial charge on any atom is -0.491 e. The lowest BCUT2D eigenvalue weighted by Gasteiger charge is -2.23. The topological polar surface area (TPSA) is 194 Å². The number of nitrogens with one attached hydrogen (secondary N) is 2. The fourth-order valence-electron chi connectivity index (χ4n) is 2.46. The minimum absolute atomic E-state index is 0.00957. The summed E-state index contributed by atoms with van der Waals surface area (Å²) >= 11 is 5.97. The maximum Gasteiger partial charge on any atom is 0.328 e. The van der Waals surface area contributed by atoms with E-state index in [1.807, 2.05) is 0 Å². The van der Waals surface area contributed by atoms with E-state index in [9.17, 15) is 24.3 Å². The van der Waals surface area contributed by atoms with Crippen LogP contribution in [0.2, 0.25) is 5.02 Å². The van der Waals surface area contributed by atoms with E-state index in [4.69, 9.17) is 32.9 Å². The molecule has 0 aliphatic heterocycles. The third-order valence-corrected chi connectivity index (χ3v) is 4.27. The zero-order valence-electron chi connectivity index (χ0n) is 17.1. The average molecular weight is 459 g/mol. The van der Waals surface area contributed by atoms with Gasteiger partial charge in [-0.15, -0.1) is 0 Å². The van der Waals surface area contributed by atoms with Crippen molar-refractivity contribution in [3.8, 4) is 5.75 Å². The summed E-state index contributed by atoms with van der Waals surface area (Å²) in [6.07, 6.45) is -1.86. The number of amides is 3. The van der Waals surface area contributed by atoms with Crippen LogP contribution in [-0.2, 0) is 14.4 Å². The zero-order valence-corrected chi connectivity index (χ0v) is 17.9. The van der Waals surface area contributed by atoms with Gasteiger partial charge in [-0.3, -0.25) is 14.4 Å². The smallest absolute Gasteiger partial charge is 0.328 e. The number of carbonyl (C=O) groups excluding carboxylic acids is 3. The van der Waals surface area contributed by atoms with Gasteiger partial charge >= 0.3 is 5.97 Å². The van der Waals surface area contributed by atoms with Crippen molar-refractivity contribution >= 4 is 35.3 Å². The molecule has 0 heterocycles. The van der Waals surface area contributed by atoms with Gasteiger partial charge in [-0.25, -0.2) is 4.79 Å². The number of hydrogen-bond acceptors (Lipinski definition) is 7. The third kappa shape index (κ3) is 8.79. The van der Waals surface area contributed by atoms with Gasteiger partial charge in [-0.05, 0) is 38.5 Å². The average Bonchev–Trinajstić information content (AvgIpc) is 2.66. The largest absolute Gasteiger partial charge is 0.491 e. The fraction of sp³-hybridized carbons (Fsp3) is 0.474. The van der Waals surface area contributed by atoms with Gasteiger partial charge in [0, 0.05) is 17.5 Å². The quantitative estimate of drug-likeness (QED) is 0.238. The summed E-state index contributed by atoms with van der Waals surface area (Å²) in [5, 5.41) is 23.5. The van der Waals surface area contributed by atoms with Crippen LogP contribution in [0.1, 0.15) is 37.0 Å². The van der Waals surface area contributed by atoms with Crippen LogP contribution < -0.4 is 26.8 Å². The lowest BCUT2D eigenvalue weighted by atomic mass is 10.1. The molecule has 8 N–H and O–H groups in total. The van der Waals surface area contributed by atoms with Crippen LogP contribution in [0, 0.1) is 0 Å². The first-order valence-corrected chi connectivity index (χ1v) is 9.78. The van der Waals surface area contributed by atoms with Crippen LogP contribution in [0.4, 0.5) is 0 Å². The molecule has 0 aromatic heterocycles. The second-order valence-electron chi connectivity index (χ2n) is 7.02. The van der Waals surface area contributed by atoms with E-state index in [0.29, 0.717) is 0 Å². The Bertz CT molecular complexity index is 816. The Balaban J connectivity index is 3.10. The van der Waals surface area contributed by atoms with Gasteiger partial charge in [0.15, 0.2) is 6.04 Å². The summed E-state index contributed by atoms with van der Waals surface area (Å²) in [4.78, 5) is 47.8. The Hall–Kier alpha value is -2.89. The van der Waals surface area contributed by atoms with Crippen molar-refractivity contribution in [2.24, 2.45) is 11.5 Å². The number of primary amides is 1. The summed E-state index contributed by atoms with van der Waals surface area (Å²) in [7, 11) is 0. The normalized spacial score (nSPS) is 14.6. The van der Waals surface area contributed by atoms with E-state index >= 15 is 0 Å². The molecule has 0 spiro atoms. The Morgan fingerprint density at radius 2 is 1.84 bits per heavy atom. The van der Waals surface area contributed by atoms with Crippen molar-refractivity contribution in [3.63, 3.8) is 0 Å². The monoisotopic (exact) mass is 458 g/mol. The molecule has 0 fully saturated rings. The number of carboxylic acids is 1. The number of aliphatic hydroxyl groups is 1. The number of halogens is 1. The van der Waals surface area contributed by atoms with E-state index in [2.05, 4.69) is 10.6 Å². The van der Waals surface area contributed by atoms with Gasteiger partial charge in [-0.2, -0.15) is 0 Å². The number of nitrogens with two attached hydrogens (primary N) is 2. The van der Waals surface area contributed by atoms with E-state index in [1.165, 1.54) is 25.1 Å². The molecule has 0 unspecified atom stereocenters. The highest BCUT2D eigenvalue weighted by Crippen LogP contribution is 2.23. The number of aliphatic hydroxyl groups excluding tert-OH is 1. The predicted molar refractivity (Wildman–Crippen MR) is 112 cm³/mol. The standard InChI is InChI=1S/C19H27ClN4O7/c1-9(21)8-31-14-5-3-11(20)7-12(14)17(27)23-13(4-6-15(22)26)18(28)24-16(10(2)25)19(29)30/h3,5,7,9-10,13,16,25H,4,6,8,21H2,1-2H3,(H2,22,26)(H,23,27)(H,24,28)(H,29,30)/t9-,10-,13+,16+/m1/s1. The molecule has 0 saturated heterocycles. The number of ether oxygens (including phenoxy) is 1. The molecule has 12 heteroatoms. The van der Waals surface area contributed by atoms with E-state index < -0.39 is 41.9 Å². The van der Waals surface area contributed by atoms with Gasteiger partial charge < -0.3 is 37.1 Å². The number of aliphatic carboxylic acids is 1. The molecule has 11 nitrogen and oxygen atoms in total. The minimum atomic E-state index is -1.61. The Morgan fingerprint density at radius 3 is 2.35 bits per heavy atom. The van der Waals surface area contributed by atoms with Crippen molar-refractivity contribution in [1.29, 1.82) is 0 Å². The number of rotatable bonds is 12. The molecule has 0 bridgehead atoms. The Kier molecular flexibility index (Phi) is 10.2. The number of hydrogen-bond donors (Lipinski definition) is 6. The zero-order chi connectivity index (χ0) is 23.7. The molecule has 31 heavy (non-hydrogen) atoms. The van der Waals surface area contributed by atoms with Gasteiger partial charge in [0.25, 0.3) is 5.91 Å². The van der Waals surface area contributed by atoms with Crippen LogP contribution in [0.15, 0.2) is 18.2 Å². The first-order valence-electron chi connectivity index (χ1n) is 9.40. The maximum absolute atomic E-state index is 12.8. The molecule has 0 aliphatic rings. The number of carboxylic acid groups (broad SMARTS) is 1. The van der Waals surface area contributed by atoms with Crippen LogP contribution in [0.25, 0.3) is 0 Å². The molecule has 4 atom stereocenters. The summed E-state index contributed by atoms with van der Waals surface area (Å²) in [6, 6.07) is 1.05. The molecular formula is C19H27ClN4O7. The van der Waals surface area contributed by atoms with E-state index in [1.54, 1.807) is 6.92 Å². The number of carbonyl (C=O) groups is 4. The molecule has 0 saturated carbocycles. The summed E-state index contributed by atoms with van der Waals surface area (Å²) in [5.74, 6) is -3.69. The summed E-state index contributed by atoms with van der Waals surface area (Å²) in [5.41, 5.74) is 10.8. The van der Waals surface area contributed by atoms with Crippen molar-refractivity contribution in [2.45, 2.75) is 50.9 Å². The van der Waals surface area contributed by atoms with E-state index in [-0.39, 0.29) is 41.8 Å². The summed E-state index contributed by atoms with van der Waals surface area (Å²) in [6.45, 7) is 3.01. The molecule has 1 aromatic carbocycles. The second kappa shape index (κ2) is 12.1. The fourth-order valence-corrected chi connectivity index (χ4v) is 2.63. The molecule has 1 rings (SSSR count). The lowest BCUT2D eigenvalue weighted by Crippen LogP contribution is -2.54. The SMILES string of the molecule is C[C@@H](N)COc1ccc(Cl)cc1C(=O)N[C@@H](CCC(N)=O)C(=O)N[C@H](C(=O)O)[C@@H](C)O.